The minimum Gasteiger partial charge on any atom is -0.484 e. The molecule has 1 amide bonds. The van der Waals surface area contributed by atoms with Crippen molar-refractivity contribution in [3.8, 4) is 5.75 Å². The molecular formula is C24H29ClN2O3. The van der Waals surface area contributed by atoms with Crippen molar-refractivity contribution in [3.63, 3.8) is 0 Å². The average molecular weight is 429 g/mol. The second-order valence-electron chi connectivity index (χ2n) is 8.02. The van der Waals surface area contributed by atoms with E-state index in [4.69, 9.17) is 4.74 Å². The minimum absolute atomic E-state index is 0. The summed E-state index contributed by atoms with van der Waals surface area (Å²) in [5, 5.41) is 3.48. The van der Waals surface area contributed by atoms with E-state index >= 15 is 0 Å². The highest BCUT2D eigenvalue weighted by Gasteiger charge is 2.47. The number of nitrogens with one attached hydrogen (secondary N) is 1. The Balaban J connectivity index is 0.00000256. The number of hydrogen-bond acceptors (Lipinski definition) is 4. The lowest BCUT2D eigenvalue weighted by atomic mass is 9.87. The minimum atomic E-state index is 0. The standard InChI is InChI=1S/C24H28N2O3.ClH/c1-3-22(27)17-8-10-19(11-9-17)29-15-23(28)26-14-18-12-25-13-21(18)24(26)20-7-5-4-6-16(20)2;/h4-11,18,21,24-25H,3,12-15H2,1-2H3;1H/t18-,21-,24+;/m0./s1. The van der Waals surface area contributed by atoms with Gasteiger partial charge in [0.05, 0.1) is 6.04 Å². The summed E-state index contributed by atoms with van der Waals surface area (Å²) in [5.41, 5.74) is 3.13. The maximum atomic E-state index is 13.1. The fourth-order valence-electron chi connectivity index (χ4n) is 4.66. The summed E-state index contributed by atoms with van der Waals surface area (Å²) >= 11 is 0. The molecule has 0 saturated carbocycles. The van der Waals surface area contributed by atoms with E-state index in [1.165, 1.54) is 11.1 Å². The van der Waals surface area contributed by atoms with Gasteiger partial charge in [-0.25, -0.2) is 0 Å². The number of carbonyl (C=O) groups excluding carboxylic acids is 2. The molecule has 2 aromatic rings. The molecule has 2 aromatic carbocycles. The van der Waals surface area contributed by atoms with Crippen LogP contribution >= 0.6 is 12.4 Å². The van der Waals surface area contributed by atoms with Crippen LogP contribution in [0.25, 0.3) is 0 Å². The summed E-state index contributed by atoms with van der Waals surface area (Å²) in [4.78, 5) is 26.9. The number of rotatable bonds is 6. The van der Waals surface area contributed by atoms with E-state index in [1.807, 2.05) is 17.9 Å². The number of nitrogens with zero attached hydrogens (tertiary/aromatic N) is 1. The molecule has 6 heteroatoms. The summed E-state index contributed by atoms with van der Waals surface area (Å²) < 4.78 is 5.77. The normalized spacial score (nSPS) is 22.3. The molecule has 0 spiro atoms. The molecule has 0 unspecified atom stereocenters. The Morgan fingerprint density at radius 2 is 1.83 bits per heavy atom. The van der Waals surface area contributed by atoms with Crippen molar-refractivity contribution >= 4 is 24.1 Å². The largest absolute Gasteiger partial charge is 0.484 e. The average Bonchev–Trinajstić information content (AvgIpc) is 3.34. The van der Waals surface area contributed by atoms with Gasteiger partial charge in [-0.15, -0.1) is 12.4 Å². The summed E-state index contributed by atoms with van der Waals surface area (Å²) in [7, 11) is 0. The molecular weight excluding hydrogens is 400 g/mol. The zero-order valence-corrected chi connectivity index (χ0v) is 18.3. The third kappa shape index (κ3) is 4.37. The van der Waals surface area contributed by atoms with Crippen LogP contribution in [0.1, 0.15) is 40.9 Å². The van der Waals surface area contributed by atoms with Crippen LogP contribution in [-0.4, -0.2) is 42.8 Å². The number of benzene rings is 2. The lowest BCUT2D eigenvalue weighted by molar-refractivity contribution is -0.134. The molecule has 0 aliphatic carbocycles. The van der Waals surface area contributed by atoms with Crippen LogP contribution in [0.2, 0.25) is 0 Å². The number of hydrogen-bond donors (Lipinski definition) is 1. The van der Waals surface area contributed by atoms with Crippen LogP contribution in [-0.2, 0) is 4.79 Å². The van der Waals surface area contributed by atoms with E-state index in [-0.39, 0.29) is 36.7 Å². The van der Waals surface area contributed by atoms with Gasteiger partial charge in [0.2, 0.25) is 0 Å². The predicted molar refractivity (Wildman–Crippen MR) is 119 cm³/mol. The molecule has 0 aromatic heterocycles. The van der Waals surface area contributed by atoms with E-state index < -0.39 is 0 Å². The monoisotopic (exact) mass is 428 g/mol. The first kappa shape index (κ1) is 22.3. The van der Waals surface area contributed by atoms with Crippen molar-refractivity contribution in [1.82, 2.24) is 10.2 Å². The Morgan fingerprint density at radius 1 is 1.10 bits per heavy atom. The SMILES string of the molecule is CCC(=O)c1ccc(OCC(=O)N2C[C@@H]3CNC[C@@H]3[C@H]2c2ccccc2C)cc1.Cl. The van der Waals surface area contributed by atoms with Crippen molar-refractivity contribution in [2.75, 3.05) is 26.2 Å². The molecule has 30 heavy (non-hydrogen) atoms. The molecule has 0 radical (unpaired) electrons. The van der Waals surface area contributed by atoms with Gasteiger partial charge in [0.25, 0.3) is 5.91 Å². The molecule has 1 N–H and O–H groups in total. The van der Waals surface area contributed by atoms with Crippen LogP contribution in [0.3, 0.4) is 0 Å². The third-order valence-corrected chi connectivity index (χ3v) is 6.25. The van der Waals surface area contributed by atoms with Gasteiger partial charge in [-0.3, -0.25) is 9.59 Å². The summed E-state index contributed by atoms with van der Waals surface area (Å²) in [6.45, 7) is 6.64. The lowest BCUT2D eigenvalue weighted by Gasteiger charge is -2.29. The number of amides is 1. The Morgan fingerprint density at radius 3 is 2.53 bits per heavy atom. The van der Waals surface area contributed by atoms with Crippen molar-refractivity contribution in [1.29, 1.82) is 0 Å². The van der Waals surface area contributed by atoms with Gasteiger partial charge in [0.15, 0.2) is 12.4 Å². The van der Waals surface area contributed by atoms with Gasteiger partial charge in [0.1, 0.15) is 5.75 Å². The lowest BCUT2D eigenvalue weighted by Crippen LogP contribution is -2.37. The molecule has 5 nitrogen and oxygen atoms in total. The Bertz CT molecular complexity index is 900. The number of halogens is 1. The Labute approximate surface area is 184 Å². The summed E-state index contributed by atoms with van der Waals surface area (Å²) in [6.07, 6.45) is 0.477. The zero-order chi connectivity index (χ0) is 20.4. The number of fused-ring (bicyclic) bond motifs is 1. The van der Waals surface area contributed by atoms with Gasteiger partial charge in [0, 0.05) is 37.5 Å². The molecule has 2 fully saturated rings. The summed E-state index contributed by atoms with van der Waals surface area (Å²) in [6, 6.07) is 15.5. The molecule has 2 aliphatic rings. The maximum absolute atomic E-state index is 13.1. The van der Waals surface area contributed by atoms with Crippen LogP contribution in [0.5, 0.6) is 5.75 Å². The second-order valence-corrected chi connectivity index (χ2v) is 8.02. The smallest absolute Gasteiger partial charge is 0.261 e. The predicted octanol–water partition coefficient (Wildman–Crippen LogP) is 3.81. The summed E-state index contributed by atoms with van der Waals surface area (Å²) in [5.74, 6) is 1.66. The van der Waals surface area contributed by atoms with Crippen LogP contribution in [0.15, 0.2) is 48.5 Å². The van der Waals surface area contributed by atoms with Crippen LogP contribution in [0, 0.1) is 18.8 Å². The highest BCUT2D eigenvalue weighted by molar-refractivity contribution is 5.95. The highest BCUT2D eigenvalue weighted by Crippen LogP contribution is 2.43. The number of Topliss-reactive ketones (excluding diaryl/α,β-unsaturated/α-hetero) is 1. The first-order valence-corrected chi connectivity index (χ1v) is 10.4. The number of ether oxygens (including phenoxy) is 1. The molecule has 0 bridgehead atoms. The second kappa shape index (κ2) is 9.63. The van der Waals surface area contributed by atoms with Gasteiger partial charge in [-0.1, -0.05) is 31.2 Å². The first-order chi connectivity index (χ1) is 14.1. The van der Waals surface area contributed by atoms with E-state index in [0.717, 1.165) is 19.6 Å². The molecule has 3 atom stereocenters. The van der Waals surface area contributed by atoms with E-state index in [9.17, 15) is 9.59 Å². The van der Waals surface area contributed by atoms with Crippen molar-refractivity contribution in [2.24, 2.45) is 11.8 Å². The molecule has 2 saturated heterocycles. The van der Waals surface area contributed by atoms with Gasteiger partial charge >= 0.3 is 0 Å². The maximum Gasteiger partial charge on any atom is 0.261 e. The van der Waals surface area contributed by atoms with Gasteiger partial charge < -0.3 is 15.0 Å². The van der Waals surface area contributed by atoms with Gasteiger partial charge in [-0.05, 0) is 48.2 Å². The van der Waals surface area contributed by atoms with Gasteiger partial charge in [-0.2, -0.15) is 0 Å². The molecule has 160 valence electrons. The fourth-order valence-corrected chi connectivity index (χ4v) is 4.66. The van der Waals surface area contributed by atoms with Crippen LogP contribution < -0.4 is 10.1 Å². The number of carbonyl (C=O) groups is 2. The topological polar surface area (TPSA) is 58.6 Å². The number of likely N-dealkylation sites (tertiary alicyclic amines) is 1. The highest BCUT2D eigenvalue weighted by atomic mass is 35.5. The van der Waals surface area contributed by atoms with Crippen molar-refractivity contribution < 1.29 is 14.3 Å². The fraction of sp³-hybridized carbons (Fsp3) is 0.417. The van der Waals surface area contributed by atoms with E-state index in [0.29, 0.717) is 29.6 Å². The van der Waals surface area contributed by atoms with E-state index in [1.54, 1.807) is 24.3 Å². The number of ketones is 1. The quantitative estimate of drug-likeness (QED) is 0.711. The molecule has 2 aliphatic heterocycles. The van der Waals surface area contributed by atoms with E-state index in [2.05, 4.69) is 30.4 Å². The Kier molecular flexibility index (Phi) is 7.16. The molecule has 4 rings (SSSR count). The zero-order valence-electron chi connectivity index (χ0n) is 17.5. The van der Waals surface area contributed by atoms with Crippen molar-refractivity contribution in [2.45, 2.75) is 26.3 Å². The van der Waals surface area contributed by atoms with Crippen molar-refractivity contribution in [3.05, 3.63) is 65.2 Å². The third-order valence-electron chi connectivity index (χ3n) is 6.25. The first-order valence-electron chi connectivity index (χ1n) is 10.4. The number of aryl methyl sites for hydroxylation is 1. The van der Waals surface area contributed by atoms with Crippen LogP contribution in [0.4, 0.5) is 0 Å². The Hall–Kier alpha value is -2.37. The molecule has 2 heterocycles.